The van der Waals surface area contributed by atoms with Crippen LogP contribution in [-0.2, 0) is 27.1 Å². The van der Waals surface area contributed by atoms with Crippen LogP contribution in [0.1, 0.15) is 53.4 Å². The van der Waals surface area contributed by atoms with Gasteiger partial charge in [0.05, 0.1) is 31.2 Å². The van der Waals surface area contributed by atoms with Crippen LogP contribution in [0.5, 0.6) is 23.0 Å². The molecule has 0 aromatic heterocycles. The van der Waals surface area contributed by atoms with Gasteiger partial charge in [0.25, 0.3) is 0 Å². The van der Waals surface area contributed by atoms with E-state index in [9.17, 15) is 15.0 Å². The third kappa shape index (κ3) is 3.49. The van der Waals surface area contributed by atoms with Crippen LogP contribution < -0.4 is 18.9 Å². The Labute approximate surface area is 272 Å². The number of hydrogen-bond donors (Lipinski definition) is 2. The highest BCUT2D eigenvalue weighted by molar-refractivity contribution is 5.85. The summed E-state index contributed by atoms with van der Waals surface area (Å²) in [6.07, 6.45) is 5.99. The lowest BCUT2D eigenvalue weighted by Gasteiger charge is -2.42. The van der Waals surface area contributed by atoms with Crippen molar-refractivity contribution in [2.24, 2.45) is 5.92 Å². The van der Waals surface area contributed by atoms with Crippen LogP contribution in [0.2, 0.25) is 0 Å². The van der Waals surface area contributed by atoms with Gasteiger partial charge < -0.3 is 43.5 Å². The topological polar surface area (TPSA) is 119 Å². The summed E-state index contributed by atoms with van der Waals surface area (Å²) in [6.45, 7) is 1.62. The zero-order valence-electron chi connectivity index (χ0n) is 26.4. The molecule has 0 unspecified atom stereocenters. The Hall–Kier alpha value is -3.93. The van der Waals surface area contributed by atoms with E-state index in [4.69, 9.17) is 28.4 Å². The number of nitrogens with zero attached hydrogens (tertiary/aromatic N) is 2. The predicted molar refractivity (Wildman–Crippen MR) is 165 cm³/mol. The van der Waals surface area contributed by atoms with Crippen molar-refractivity contribution in [1.82, 2.24) is 9.80 Å². The molecule has 10 rings (SSSR count). The highest BCUT2D eigenvalue weighted by Gasteiger charge is 2.66. The second-order valence-electron chi connectivity index (χ2n) is 14.2. The molecule has 6 aliphatic heterocycles. The van der Waals surface area contributed by atoms with Gasteiger partial charge in [-0.15, -0.1) is 0 Å². The lowest BCUT2D eigenvalue weighted by Crippen LogP contribution is -2.52. The Morgan fingerprint density at radius 1 is 0.766 bits per heavy atom. The Balaban J connectivity index is 1.06. The number of fused-ring (bicyclic) bond motifs is 6. The fourth-order valence-electron chi connectivity index (χ4n) is 10.7. The van der Waals surface area contributed by atoms with Crippen LogP contribution in [0, 0.1) is 5.92 Å². The minimum absolute atomic E-state index is 0.0615. The average Bonchev–Trinajstić information content (AvgIpc) is 3.90. The van der Waals surface area contributed by atoms with E-state index < -0.39 is 29.2 Å². The highest BCUT2D eigenvalue weighted by atomic mass is 16.7. The largest absolute Gasteiger partial charge is 0.499 e. The molecule has 8 aliphatic rings. The highest BCUT2D eigenvalue weighted by Crippen LogP contribution is 2.61. The summed E-state index contributed by atoms with van der Waals surface area (Å²) in [6, 6.07) is 8.07. The maximum Gasteiger partial charge on any atom is 0.231 e. The first-order chi connectivity index (χ1) is 22.9. The van der Waals surface area contributed by atoms with E-state index in [-0.39, 0.29) is 37.4 Å². The maximum absolute atomic E-state index is 14.8. The van der Waals surface area contributed by atoms with Gasteiger partial charge in [0.2, 0.25) is 19.5 Å². The minimum atomic E-state index is -0.901. The van der Waals surface area contributed by atoms with Crippen molar-refractivity contribution < 1.29 is 43.4 Å². The SMILES string of the molecule is COC1=C[C@]23C[C@@H]([C@@H]4CC[C@]56C=C(OC)[C@@H](O)[C@H]5c5cc7c(cc5CCN46)OCO7)C(=O)N2CCc2cc4c(cc2[C@@H]3[C@@H]1O)OCO4. The molecule has 2 saturated heterocycles. The maximum atomic E-state index is 14.8. The van der Waals surface area contributed by atoms with Gasteiger partial charge in [-0.25, -0.2) is 0 Å². The Kier molecular flexibility index (Phi) is 5.73. The van der Waals surface area contributed by atoms with E-state index in [0.29, 0.717) is 48.2 Å². The van der Waals surface area contributed by atoms with E-state index in [0.717, 1.165) is 53.8 Å². The Bertz CT molecular complexity index is 1790. The fraction of sp³-hybridized carbons (Fsp3) is 0.528. The molecule has 2 aliphatic carbocycles. The van der Waals surface area contributed by atoms with Crippen molar-refractivity contribution in [1.29, 1.82) is 0 Å². The van der Waals surface area contributed by atoms with E-state index in [1.54, 1.807) is 14.2 Å². The number of amides is 1. The smallest absolute Gasteiger partial charge is 0.231 e. The zero-order chi connectivity index (χ0) is 31.8. The van der Waals surface area contributed by atoms with E-state index in [1.807, 2.05) is 29.2 Å². The van der Waals surface area contributed by atoms with Crippen molar-refractivity contribution >= 4 is 5.91 Å². The van der Waals surface area contributed by atoms with Crippen LogP contribution >= 0.6 is 0 Å². The normalized spacial score (nSPS) is 37.2. The first kappa shape index (κ1) is 28.1. The first-order valence-electron chi connectivity index (χ1n) is 16.7. The minimum Gasteiger partial charge on any atom is -0.499 e. The van der Waals surface area contributed by atoms with Gasteiger partial charge in [-0.2, -0.15) is 0 Å². The molecule has 0 bridgehead atoms. The number of aliphatic hydroxyl groups is 2. The average molecular weight is 643 g/mol. The van der Waals surface area contributed by atoms with Gasteiger partial charge in [0.15, 0.2) is 23.0 Å². The summed E-state index contributed by atoms with van der Waals surface area (Å²) in [5.41, 5.74) is 2.97. The summed E-state index contributed by atoms with van der Waals surface area (Å²) in [4.78, 5) is 19.4. The molecule has 47 heavy (non-hydrogen) atoms. The van der Waals surface area contributed by atoms with Crippen LogP contribution in [0.15, 0.2) is 47.9 Å². The fourth-order valence-corrected chi connectivity index (χ4v) is 10.7. The predicted octanol–water partition coefficient (Wildman–Crippen LogP) is 2.72. The van der Waals surface area contributed by atoms with Gasteiger partial charge in [0, 0.05) is 31.0 Å². The lowest BCUT2D eigenvalue weighted by molar-refractivity contribution is -0.135. The first-order valence-corrected chi connectivity index (χ1v) is 16.7. The number of aliphatic hydroxyl groups excluding tert-OH is 2. The molecule has 0 saturated carbocycles. The third-order valence-electron chi connectivity index (χ3n) is 12.6. The van der Waals surface area contributed by atoms with E-state index in [2.05, 4.69) is 17.0 Å². The zero-order valence-corrected chi connectivity index (χ0v) is 26.4. The number of benzene rings is 2. The molecule has 1 amide bonds. The lowest BCUT2D eigenvalue weighted by atomic mass is 9.75. The molecule has 6 heterocycles. The molecule has 0 radical (unpaired) electrons. The number of methoxy groups -OCH3 is 2. The van der Waals surface area contributed by atoms with Gasteiger partial charge in [-0.3, -0.25) is 9.69 Å². The monoisotopic (exact) mass is 642 g/mol. The Morgan fingerprint density at radius 3 is 1.89 bits per heavy atom. The molecule has 246 valence electrons. The quantitative estimate of drug-likeness (QED) is 0.518. The number of hydrogen-bond acceptors (Lipinski definition) is 10. The van der Waals surface area contributed by atoms with Gasteiger partial charge in [0.1, 0.15) is 23.7 Å². The molecular weight excluding hydrogens is 604 g/mol. The molecule has 2 aromatic carbocycles. The van der Waals surface area contributed by atoms with Crippen molar-refractivity contribution in [3.8, 4) is 23.0 Å². The van der Waals surface area contributed by atoms with Crippen LogP contribution in [0.3, 0.4) is 0 Å². The third-order valence-corrected chi connectivity index (χ3v) is 12.6. The number of carbonyl (C=O) groups is 1. The number of ether oxygens (including phenoxy) is 6. The standard InChI is InChI=1S/C36H38N2O9/c1-42-28-14-35-6-3-23(37(35)7-4-18-9-24-26(46-16-44-24)11-20(18)30(35)32(28)39)22-13-36-15-29(43-2)33(40)31(36)21-12-27-25(45-17-47-27)10-19(21)5-8-38(36)34(22)41/h9-12,14-15,22-23,30-33,39-40H,3-8,13,16-17H2,1-2H3/t22-,23-,30+,31+,32+,33+,35-,36-/m0/s1. The summed E-state index contributed by atoms with van der Waals surface area (Å²) in [5.74, 6) is 3.01. The molecule has 11 heteroatoms. The molecular formula is C36H38N2O9. The molecule has 11 nitrogen and oxygen atoms in total. The molecule has 2 fully saturated rings. The summed E-state index contributed by atoms with van der Waals surface area (Å²) < 4.78 is 34.5. The van der Waals surface area contributed by atoms with Crippen molar-refractivity contribution in [3.05, 3.63) is 70.2 Å². The molecule has 2 N–H and O–H groups in total. The molecule has 2 aromatic rings. The van der Waals surface area contributed by atoms with Crippen molar-refractivity contribution in [2.75, 3.05) is 40.9 Å². The Morgan fingerprint density at radius 2 is 1.30 bits per heavy atom. The number of rotatable bonds is 3. The van der Waals surface area contributed by atoms with Crippen molar-refractivity contribution in [3.63, 3.8) is 0 Å². The van der Waals surface area contributed by atoms with Gasteiger partial charge in [-0.1, -0.05) is 0 Å². The van der Waals surface area contributed by atoms with Crippen LogP contribution in [-0.4, -0.2) is 96.1 Å². The van der Waals surface area contributed by atoms with Crippen LogP contribution in [0.25, 0.3) is 0 Å². The number of carbonyl (C=O) groups excluding carboxylic acids is 1. The molecule has 2 spiro atoms. The second-order valence-corrected chi connectivity index (χ2v) is 14.2. The van der Waals surface area contributed by atoms with E-state index >= 15 is 0 Å². The summed E-state index contributed by atoms with van der Waals surface area (Å²) in [5, 5.41) is 23.6. The summed E-state index contributed by atoms with van der Waals surface area (Å²) in [7, 11) is 3.20. The van der Waals surface area contributed by atoms with E-state index in [1.165, 1.54) is 0 Å². The van der Waals surface area contributed by atoms with Crippen molar-refractivity contribution in [2.45, 2.75) is 73.3 Å². The second kappa shape index (κ2) is 9.58. The van der Waals surface area contributed by atoms with Gasteiger partial charge >= 0.3 is 0 Å². The molecule has 8 atom stereocenters. The summed E-state index contributed by atoms with van der Waals surface area (Å²) >= 11 is 0. The van der Waals surface area contributed by atoms with Gasteiger partial charge in [-0.05, 0) is 90.8 Å². The van der Waals surface area contributed by atoms with Crippen LogP contribution in [0.4, 0.5) is 0 Å².